The van der Waals surface area contributed by atoms with Crippen molar-refractivity contribution in [1.82, 2.24) is 0 Å². The highest BCUT2D eigenvalue weighted by atomic mass is 16.5. The predicted molar refractivity (Wildman–Crippen MR) is 62.3 cm³/mol. The summed E-state index contributed by atoms with van der Waals surface area (Å²) in [5.41, 5.74) is 2.58. The summed E-state index contributed by atoms with van der Waals surface area (Å²) in [6.07, 6.45) is 0.465. The van der Waals surface area contributed by atoms with Gasteiger partial charge in [0.25, 0.3) is 0 Å². The summed E-state index contributed by atoms with van der Waals surface area (Å²) in [6, 6.07) is 5.49. The summed E-state index contributed by atoms with van der Waals surface area (Å²) in [5.74, 6) is 5.24. The van der Waals surface area contributed by atoms with Crippen molar-refractivity contribution < 1.29 is 14.3 Å². The van der Waals surface area contributed by atoms with Crippen LogP contribution in [0, 0.1) is 11.8 Å². The molecule has 86 valence electrons. The molecule has 4 nitrogen and oxygen atoms in total. The van der Waals surface area contributed by atoms with Crippen molar-refractivity contribution in [2.75, 3.05) is 12.4 Å². The fraction of sp³-hybridized carbons (Fsp3) is 0.231. The van der Waals surface area contributed by atoms with Crippen molar-refractivity contribution in [2.24, 2.45) is 0 Å². The Balaban J connectivity index is 2.11. The first-order valence-electron chi connectivity index (χ1n) is 5.17. The minimum Gasteiger partial charge on any atom is -0.468 e. The third kappa shape index (κ3) is 2.64. The summed E-state index contributed by atoms with van der Waals surface area (Å²) in [6.45, 7) is 0. The molecule has 4 heteroatoms. The van der Waals surface area contributed by atoms with Gasteiger partial charge in [-0.1, -0.05) is 11.8 Å². The van der Waals surface area contributed by atoms with Crippen LogP contribution in [0.25, 0.3) is 0 Å². The number of carbonyl (C=O) groups excluding carboxylic acids is 2. The molecule has 0 bridgehead atoms. The molecule has 1 aliphatic rings. The number of nitrogens with one attached hydrogen (secondary N) is 1. The first-order valence-corrected chi connectivity index (χ1v) is 5.17. The molecule has 1 aromatic carbocycles. The van der Waals surface area contributed by atoms with Crippen LogP contribution in [0.2, 0.25) is 0 Å². The lowest BCUT2D eigenvalue weighted by atomic mass is 10.1. The first-order chi connectivity index (χ1) is 8.19. The van der Waals surface area contributed by atoms with Gasteiger partial charge in [0.05, 0.1) is 13.5 Å². The van der Waals surface area contributed by atoms with Gasteiger partial charge >= 0.3 is 5.97 Å². The molecule has 0 atom stereocenters. The van der Waals surface area contributed by atoms with Gasteiger partial charge in [0.2, 0.25) is 5.91 Å². The molecule has 0 spiro atoms. The van der Waals surface area contributed by atoms with E-state index in [2.05, 4.69) is 21.9 Å². The zero-order chi connectivity index (χ0) is 12.3. The Morgan fingerprint density at radius 3 is 3.12 bits per heavy atom. The Hall–Kier alpha value is -2.28. The number of fused-ring (bicyclic) bond motifs is 1. The monoisotopic (exact) mass is 229 g/mol. The van der Waals surface area contributed by atoms with Crippen LogP contribution in [0.15, 0.2) is 18.2 Å². The molecular formula is C13H11NO3. The van der Waals surface area contributed by atoms with Gasteiger partial charge in [0.1, 0.15) is 6.42 Å². The highest BCUT2D eigenvalue weighted by Gasteiger charge is 2.16. The van der Waals surface area contributed by atoms with E-state index in [1.807, 2.05) is 18.2 Å². The van der Waals surface area contributed by atoms with Gasteiger partial charge in [-0.3, -0.25) is 9.59 Å². The second-order valence-corrected chi connectivity index (χ2v) is 3.65. The number of methoxy groups -OCH3 is 1. The van der Waals surface area contributed by atoms with Crippen molar-refractivity contribution in [1.29, 1.82) is 0 Å². The van der Waals surface area contributed by atoms with E-state index in [9.17, 15) is 9.59 Å². The number of ether oxygens (including phenoxy) is 1. The van der Waals surface area contributed by atoms with E-state index in [-0.39, 0.29) is 18.3 Å². The lowest BCUT2D eigenvalue weighted by Gasteiger charge is -1.97. The summed E-state index contributed by atoms with van der Waals surface area (Å²) in [5, 5.41) is 2.75. The van der Waals surface area contributed by atoms with Crippen molar-refractivity contribution >= 4 is 17.6 Å². The van der Waals surface area contributed by atoms with E-state index in [1.54, 1.807) is 0 Å². The molecule has 1 aliphatic heterocycles. The highest BCUT2D eigenvalue weighted by Crippen LogP contribution is 2.23. The molecule has 0 unspecified atom stereocenters. The number of amides is 1. The van der Waals surface area contributed by atoms with Crippen molar-refractivity contribution in [2.45, 2.75) is 12.8 Å². The fourth-order valence-electron chi connectivity index (χ4n) is 1.60. The predicted octanol–water partition coefficient (Wildman–Crippen LogP) is 1.10. The van der Waals surface area contributed by atoms with E-state index in [1.165, 1.54) is 7.11 Å². The number of benzene rings is 1. The molecule has 0 aromatic heterocycles. The van der Waals surface area contributed by atoms with Gasteiger partial charge in [0.15, 0.2) is 0 Å². The molecule has 1 amide bonds. The van der Waals surface area contributed by atoms with Gasteiger partial charge in [-0.25, -0.2) is 0 Å². The minimum absolute atomic E-state index is 0.000306. The maximum Gasteiger partial charge on any atom is 0.317 e. The zero-order valence-corrected chi connectivity index (χ0v) is 9.37. The Kier molecular flexibility index (Phi) is 3.10. The quantitative estimate of drug-likeness (QED) is 0.579. The van der Waals surface area contributed by atoms with Crippen LogP contribution >= 0.6 is 0 Å². The molecule has 0 saturated heterocycles. The van der Waals surface area contributed by atoms with Gasteiger partial charge in [0, 0.05) is 11.3 Å². The molecule has 0 aliphatic carbocycles. The van der Waals surface area contributed by atoms with Gasteiger partial charge in [-0.15, -0.1) is 0 Å². The second-order valence-electron chi connectivity index (χ2n) is 3.65. The molecule has 0 fully saturated rings. The van der Waals surface area contributed by atoms with E-state index < -0.39 is 0 Å². The third-order valence-corrected chi connectivity index (χ3v) is 2.42. The van der Waals surface area contributed by atoms with Crippen LogP contribution in [0.4, 0.5) is 5.69 Å². The summed E-state index contributed by atoms with van der Waals surface area (Å²) in [4.78, 5) is 22.0. The Morgan fingerprint density at radius 2 is 2.35 bits per heavy atom. The lowest BCUT2D eigenvalue weighted by molar-refractivity contribution is -0.139. The van der Waals surface area contributed by atoms with Gasteiger partial charge < -0.3 is 10.1 Å². The number of anilines is 1. The molecule has 17 heavy (non-hydrogen) atoms. The van der Waals surface area contributed by atoms with Crippen LogP contribution in [0.3, 0.4) is 0 Å². The number of rotatable bonds is 1. The van der Waals surface area contributed by atoms with Crippen LogP contribution in [-0.4, -0.2) is 19.0 Å². The molecule has 2 rings (SSSR count). The Bertz CT molecular complexity index is 537. The number of esters is 1. The molecule has 0 saturated carbocycles. The molecule has 1 N–H and O–H groups in total. The van der Waals surface area contributed by atoms with Gasteiger partial charge in [-0.2, -0.15) is 0 Å². The molecular weight excluding hydrogens is 218 g/mol. The topological polar surface area (TPSA) is 55.4 Å². The smallest absolute Gasteiger partial charge is 0.317 e. The number of hydrogen-bond donors (Lipinski definition) is 1. The van der Waals surface area contributed by atoms with Gasteiger partial charge in [-0.05, 0) is 23.8 Å². The average Bonchev–Trinajstić information content (AvgIpc) is 2.68. The van der Waals surface area contributed by atoms with Crippen LogP contribution < -0.4 is 5.32 Å². The summed E-state index contributed by atoms with van der Waals surface area (Å²) >= 11 is 0. The van der Waals surface area contributed by atoms with Crippen LogP contribution in [0.1, 0.15) is 17.5 Å². The minimum atomic E-state index is -0.351. The number of carbonyl (C=O) groups is 2. The largest absolute Gasteiger partial charge is 0.468 e. The molecule has 1 heterocycles. The molecule has 0 radical (unpaired) electrons. The third-order valence-electron chi connectivity index (χ3n) is 2.42. The van der Waals surface area contributed by atoms with E-state index in [4.69, 9.17) is 0 Å². The van der Waals surface area contributed by atoms with Crippen molar-refractivity contribution in [3.63, 3.8) is 0 Å². The van der Waals surface area contributed by atoms with Crippen molar-refractivity contribution in [3.05, 3.63) is 29.3 Å². The normalized spacial score (nSPS) is 12.2. The van der Waals surface area contributed by atoms with Crippen LogP contribution in [0.5, 0.6) is 0 Å². The number of hydrogen-bond acceptors (Lipinski definition) is 3. The first kappa shape index (κ1) is 11.2. The fourth-order valence-corrected chi connectivity index (χ4v) is 1.60. The Labute approximate surface area is 99.0 Å². The summed E-state index contributed by atoms with van der Waals surface area (Å²) < 4.78 is 4.48. The van der Waals surface area contributed by atoms with E-state index in [0.717, 1.165) is 16.8 Å². The lowest BCUT2D eigenvalue weighted by Crippen LogP contribution is -2.03. The summed E-state index contributed by atoms with van der Waals surface area (Å²) in [7, 11) is 1.33. The standard InChI is InChI=1S/C13H11NO3/c1-17-13(16)4-2-3-9-5-6-11-10(7-9)8-12(15)14-11/h5-7H,4,8H2,1H3,(H,14,15). The SMILES string of the molecule is COC(=O)CC#Cc1ccc2c(c1)CC(=O)N2. The second kappa shape index (κ2) is 4.71. The van der Waals surface area contributed by atoms with Crippen molar-refractivity contribution in [3.8, 4) is 11.8 Å². The van der Waals surface area contributed by atoms with E-state index >= 15 is 0 Å². The highest BCUT2D eigenvalue weighted by molar-refractivity contribution is 5.99. The average molecular weight is 229 g/mol. The molecule has 1 aromatic rings. The maximum absolute atomic E-state index is 11.1. The van der Waals surface area contributed by atoms with E-state index in [0.29, 0.717) is 6.42 Å². The maximum atomic E-state index is 11.1. The zero-order valence-electron chi connectivity index (χ0n) is 9.37. The Morgan fingerprint density at radius 1 is 1.53 bits per heavy atom. The van der Waals surface area contributed by atoms with Crippen LogP contribution in [-0.2, 0) is 20.7 Å².